The number of hydrogen-bond acceptors (Lipinski definition) is 4. The van der Waals surface area contributed by atoms with Crippen LogP contribution in [0.5, 0.6) is 0 Å². The van der Waals surface area contributed by atoms with E-state index in [2.05, 4.69) is 16.4 Å². The summed E-state index contributed by atoms with van der Waals surface area (Å²) in [6, 6.07) is 9.46. The van der Waals surface area contributed by atoms with Crippen molar-refractivity contribution in [2.24, 2.45) is 0 Å². The maximum atomic E-state index is 12.7. The summed E-state index contributed by atoms with van der Waals surface area (Å²) in [4.78, 5) is 32.8. The van der Waals surface area contributed by atoms with Crippen LogP contribution in [0.2, 0.25) is 0 Å². The number of likely N-dealkylation sites (tertiary alicyclic amines) is 1. The molecule has 0 aliphatic carbocycles. The van der Waals surface area contributed by atoms with Crippen LogP contribution in [0.3, 0.4) is 0 Å². The maximum Gasteiger partial charge on any atom is 0.244 e. The Bertz CT molecular complexity index is 974. The summed E-state index contributed by atoms with van der Waals surface area (Å²) in [6.07, 6.45) is 4.98. The average molecular weight is 397 g/mol. The maximum absolute atomic E-state index is 12.7. The van der Waals surface area contributed by atoms with Crippen LogP contribution in [0.25, 0.3) is 21.6 Å². The lowest BCUT2D eigenvalue weighted by Gasteiger charge is -2.29. The number of carbonyl (C=O) groups excluding carboxylic acids is 2. The van der Waals surface area contributed by atoms with E-state index in [4.69, 9.17) is 0 Å². The molecule has 1 fully saturated rings. The van der Waals surface area contributed by atoms with Gasteiger partial charge in [-0.05, 0) is 55.8 Å². The number of pyridine rings is 1. The predicted molar refractivity (Wildman–Crippen MR) is 111 cm³/mol. The van der Waals surface area contributed by atoms with Gasteiger partial charge in [0.25, 0.3) is 0 Å². The number of hydrogen-bond donors (Lipinski definition) is 1. The van der Waals surface area contributed by atoms with Gasteiger partial charge in [0, 0.05) is 24.7 Å². The van der Waals surface area contributed by atoms with Crippen molar-refractivity contribution in [2.45, 2.75) is 38.8 Å². The van der Waals surface area contributed by atoms with E-state index in [0.717, 1.165) is 47.5 Å². The molecule has 4 rings (SSSR count). The summed E-state index contributed by atoms with van der Waals surface area (Å²) in [5.74, 6) is -0.180. The number of rotatable bonds is 5. The highest BCUT2D eigenvalue weighted by atomic mass is 32.1. The quantitative estimate of drug-likeness (QED) is 0.720. The largest absolute Gasteiger partial charge is 0.343 e. The van der Waals surface area contributed by atoms with Crippen LogP contribution in [0.1, 0.15) is 26.2 Å². The van der Waals surface area contributed by atoms with E-state index in [1.807, 2.05) is 39.1 Å². The molecule has 0 radical (unpaired) electrons. The van der Waals surface area contributed by atoms with Gasteiger partial charge in [0.2, 0.25) is 11.8 Å². The zero-order chi connectivity index (χ0) is 19.5. The zero-order valence-corrected chi connectivity index (χ0v) is 16.7. The molecule has 2 amide bonds. The van der Waals surface area contributed by atoms with Gasteiger partial charge in [-0.1, -0.05) is 6.07 Å². The second kappa shape index (κ2) is 8.14. The smallest absolute Gasteiger partial charge is 0.244 e. The lowest BCUT2D eigenvalue weighted by atomic mass is 10.1. The van der Waals surface area contributed by atoms with Gasteiger partial charge in [-0.3, -0.25) is 9.59 Å². The van der Waals surface area contributed by atoms with Gasteiger partial charge in [0.15, 0.2) is 0 Å². The van der Waals surface area contributed by atoms with Crippen molar-refractivity contribution in [1.29, 1.82) is 0 Å². The van der Waals surface area contributed by atoms with Gasteiger partial charge in [-0.25, -0.2) is 4.98 Å². The van der Waals surface area contributed by atoms with Gasteiger partial charge in [0.05, 0.1) is 10.6 Å². The van der Waals surface area contributed by atoms with Crippen molar-refractivity contribution in [3.8, 4) is 10.6 Å². The molecule has 0 unspecified atom stereocenters. The Labute approximate surface area is 168 Å². The van der Waals surface area contributed by atoms with Crippen molar-refractivity contribution >= 4 is 34.2 Å². The fraction of sp³-hybridized carbons (Fsp3) is 0.381. The van der Waals surface area contributed by atoms with Crippen molar-refractivity contribution in [3.05, 3.63) is 41.9 Å². The molecule has 1 aliphatic heterocycles. The molecule has 1 saturated heterocycles. The summed E-state index contributed by atoms with van der Waals surface area (Å²) in [7, 11) is 0. The van der Waals surface area contributed by atoms with E-state index >= 15 is 0 Å². The third-order valence-corrected chi connectivity index (χ3v) is 6.04. The number of thiophene rings is 1. The summed E-state index contributed by atoms with van der Waals surface area (Å²) in [5.41, 5.74) is 1.74. The number of nitrogens with one attached hydrogen (secondary N) is 1. The first kappa shape index (κ1) is 18.7. The lowest BCUT2D eigenvalue weighted by Crippen LogP contribution is -2.49. The Balaban J connectivity index is 1.52. The highest BCUT2D eigenvalue weighted by molar-refractivity contribution is 7.13. The van der Waals surface area contributed by atoms with Crippen LogP contribution in [0.4, 0.5) is 0 Å². The Hall–Kier alpha value is -2.67. The normalized spacial score (nSPS) is 15.5. The first-order chi connectivity index (χ1) is 13.6. The fourth-order valence-electron chi connectivity index (χ4n) is 3.76. The lowest BCUT2D eigenvalue weighted by molar-refractivity contribution is -0.136. The molecule has 6 nitrogen and oxygen atoms in total. The fourth-order valence-corrected chi connectivity index (χ4v) is 4.51. The second-order valence-electron chi connectivity index (χ2n) is 7.18. The SMILES string of the molecule is C[C@@H](NC(=O)Cn1c(-c2cccs2)cc2cccnc21)C(=O)N1CCCCC1. The molecule has 3 aromatic rings. The minimum atomic E-state index is -0.523. The van der Waals surface area contributed by atoms with E-state index in [-0.39, 0.29) is 18.4 Å². The monoisotopic (exact) mass is 396 g/mol. The van der Waals surface area contributed by atoms with Gasteiger partial charge < -0.3 is 14.8 Å². The number of piperidine rings is 1. The summed E-state index contributed by atoms with van der Waals surface area (Å²) < 4.78 is 1.93. The molecule has 0 spiro atoms. The molecule has 1 N–H and O–H groups in total. The summed E-state index contributed by atoms with van der Waals surface area (Å²) in [5, 5.41) is 5.89. The van der Waals surface area contributed by atoms with E-state index in [1.165, 1.54) is 6.42 Å². The summed E-state index contributed by atoms with van der Waals surface area (Å²) >= 11 is 1.63. The molecule has 28 heavy (non-hydrogen) atoms. The van der Waals surface area contributed by atoms with Crippen molar-refractivity contribution in [1.82, 2.24) is 19.8 Å². The van der Waals surface area contributed by atoms with Crippen LogP contribution in [-0.2, 0) is 16.1 Å². The first-order valence-corrected chi connectivity index (χ1v) is 10.6. The van der Waals surface area contributed by atoms with Gasteiger partial charge >= 0.3 is 0 Å². The molecule has 7 heteroatoms. The minimum Gasteiger partial charge on any atom is -0.343 e. The zero-order valence-electron chi connectivity index (χ0n) is 15.9. The van der Waals surface area contributed by atoms with Gasteiger partial charge in [-0.15, -0.1) is 11.3 Å². The molecule has 0 bridgehead atoms. The molecule has 0 aromatic carbocycles. The average Bonchev–Trinajstić information content (AvgIpc) is 3.36. The highest BCUT2D eigenvalue weighted by Gasteiger charge is 2.24. The molecule has 4 heterocycles. The third kappa shape index (κ3) is 3.80. The minimum absolute atomic E-state index is 0.00187. The van der Waals surface area contributed by atoms with E-state index in [9.17, 15) is 9.59 Å². The number of amides is 2. The van der Waals surface area contributed by atoms with Gasteiger partial charge in [0.1, 0.15) is 18.2 Å². The molecular formula is C21H24N4O2S. The number of fused-ring (bicyclic) bond motifs is 1. The first-order valence-electron chi connectivity index (χ1n) is 9.70. The Morgan fingerprint density at radius 3 is 2.79 bits per heavy atom. The van der Waals surface area contributed by atoms with Crippen LogP contribution in [0.15, 0.2) is 41.9 Å². The third-order valence-electron chi connectivity index (χ3n) is 5.15. The van der Waals surface area contributed by atoms with Crippen LogP contribution in [-0.4, -0.2) is 45.4 Å². The Kier molecular flexibility index (Phi) is 5.43. The number of aromatic nitrogens is 2. The molecule has 1 atom stereocenters. The van der Waals surface area contributed by atoms with Crippen molar-refractivity contribution in [3.63, 3.8) is 0 Å². The molecule has 0 saturated carbocycles. The number of carbonyl (C=O) groups is 2. The number of nitrogens with zero attached hydrogens (tertiary/aromatic N) is 3. The molecule has 1 aliphatic rings. The van der Waals surface area contributed by atoms with E-state index in [1.54, 1.807) is 24.5 Å². The van der Waals surface area contributed by atoms with E-state index < -0.39 is 6.04 Å². The second-order valence-corrected chi connectivity index (χ2v) is 8.13. The van der Waals surface area contributed by atoms with Crippen LogP contribution < -0.4 is 5.32 Å². The molecule has 146 valence electrons. The molecular weight excluding hydrogens is 372 g/mol. The van der Waals surface area contributed by atoms with Crippen molar-refractivity contribution < 1.29 is 9.59 Å². The van der Waals surface area contributed by atoms with E-state index in [0.29, 0.717) is 0 Å². The van der Waals surface area contributed by atoms with Gasteiger partial charge in [-0.2, -0.15) is 0 Å². The Morgan fingerprint density at radius 2 is 2.04 bits per heavy atom. The summed E-state index contributed by atoms with van der Waals surface area (Å²) in [6.45, 7) is 3.47. The molecule has 3 aromatic heterocycles. The topological polar surface area (TPSA) is 67.2 Å². The standard InChI is InChI=1S/C21H24N4O2S/c1-15(21(27)24-10-3-2-4-11-24)23-19(26)14-25-17(18-8-6-12-28-18)13-16-7-5-9-22-20(16)25/h5-9,12-13,15H,2-4,10-11,14H2,1H3,(H,23,26)/t15-/m1/s1. The van der Waals surface area contributed by atoms with Crippen LogP contribution in [0, 0.1) is 0 Å². The highest BCUT2D eigenvalue weighted by Crippen LogP contribution is 2.30. The predicted octanol–water partition coefficient (Wildman–Crippen LogP) is 3.28. The van der Waals surface area contributed by atoms with Crippen LogP contribution >= 0.6 is 11.3 Å². The Morgan fingerprint density at radius 1 is 1.21 bits per heavy atom. The van der Waals surface area contributed by atoms with Crippen molar-refractivity contribution in [2.75, 3.05) is 13.1 Å².